The number of hydrogen-bond acceptors (Lipinski definition) is 7. The maximum Gasteiger partial charge on any atom is 0.233 e. The topological polar surface area (TPSA) is 93.7 Å². The van der Waals surface area contributed by atoms with E-state index in [1.165, 1.54) is 11.8 Å². The maximum atomic E-state index is 13.1. The zero-order valence-electron chi connectivity index (χ0n) is 19.9. The number of benzene rings is 1. The lowest BCUT2D eigenvalue weighted by molar-refractivity contribution is -0.146. The highest BCUT2D eigenvalue weighted by molar-refractivity contribution is 7.99. The molecular weight excluding hydrogens is 466 g/mol. The molecule has 1 atom stereocenters. The molecule has 2 aromatic heterocycles. The van der Waals surface area contributed by atoms with Gasteiger partial charge in [-0.25, -0.2) is 0 Å². The summed E-state index contributed by atoms with van der Waals surface area (Å²) in [5, 5.41) is 9.29. The van der Waals surface area contributed by atoms with E-state index in [9.17, 15) is 9.59 Å². The number of rotatable bonds is 7. The van der Waals surface area contributed by atoms with Crippen LogP contribution in [0.2, 0.25) is 0 Å². The summed E-state index contributed by atoms with van der Waals surface area (Å²) in [4.78, 5) is 29.6. The highest BCUT2D eigenvalue weighted by Gasteiger charge is 2.35. The molecule has 3 heterocycles. The van der Waals surface area contributed by atoms with E-state index < -0.39 is 0 Å². The predicted molar refractivity (Wildman–Crippen MR) is 131 cm³/mol. The summed E-state index contributed by atoms with van der Waals surface area (Å²) in [5.41, 5.74) is 0.842. The fraction of sp³-hybridized carbons (Fsp3) is 0.440. The number of aromatic nitrogens is 3. The van der Waals surface area contributed by atoms with Crippen LogP contribution < -0.4 is 4.74 Å². The van der Waals surface area contributed by atoms with Crippen LogP contribution in [0.1, 0.15) is 26.2 Å². The van der Waals surface area contributed by atoms with Crippen molar-refractivity contribution in [1.82, 2.24) is 24.6 Å². The molecule has 5 rings (SSSR count). The van der Waals surface area contributed by atoms with Gasteiger partial charge in [0.2, 0.25) is 17.6 Å². The molecule has 1 saturated carbocycles. The summed E-state index contributed by atoms with van der Waals surface area (Å²) in [6.07, 6.45) is 4.73. The van der Waals surface area contributed by atoms with E-state index in [4.69, 9.17) is 9.15 Å². The Hall–Kier alpha value is -3.27. The lowest BCUT2D eigenvalue weighted by atomic mass is 9.84. The second-order valence-electron chi connectivity index (χ2n) is 8.95. The molecule has 0 bridgehead atoms. The van der Waals surface area contributed by atoms with Gasteiger partial charge in [0.1, 0.15) is 5.75 Å². The van der Waals surface area contributed by atoms with E-state index >= 15 is 0 Å². The fourth-order valence-corrected chi connectivity index (χ4v) is 5.37. The van der Waals surface area contributed by atoms with Gasteiger partial charge in [0.25, 0.3) is 0 Å². The number of amides is 2. The van der Waals surface area contributed by atoms with Gasteiger partial charge in [-0.15, -0.1) is 10.2 Å². The predicted octanol–water partition coefficient (Wildman–Crippen LogP) is 3.49. The quantitative estimate of drug-likeness (QED) is 0.463. The van der Waals surface area contributed by atoms with Crippen molar-refractivity contribution >= 4 is 23.6 Å². The van der Waals surface area contributed by atoms with Gasteiger partial charge < -0.3 is 19.0 Å². The lowest BCUT2D eigenvalue weighted by Gasteiger charge is -2.42. The molecule has 0 spiro atoms. The first kappa shape index (κ1) is 23.5. The van der Waals surface area contributed by atoms with Crippen LogP contribution in [0.3, 0.4) is 0 Å². The minimum absolute atomic E-state index is 0.0271. The van der Waals surface area contributed by atoms with E-state index in [1.54, 1.807) is 19.4 Å². The molecule has 10 heteroatoms. The Balaban J connectivity index is 1.28. The SMILES string of the molecule is COc1ccc(-n2c(SCC(=O)N3CCN(C(=O)C4CCC4)C(C)C3)nnc2-c2ccco2)cc1. The number of carbonyl (C=O) groups excluding carboxylic acids is 2. The van der Waals surface area contributed by atoms with Crippen molar-refractivity contribution in [3.05, 3.63) is 42.7 Å². The molecule has 184 valence electrons. The summed E-state index contributed by atoms with van der Waals surface area (Å²) in [5.74, 6) is 2.59. The monoisotopic (exact) mass is 495 g/mol. The number of furan rings is 1. The summed E-state index contributed by atoms with van der Waals surface area (Å²) in [6, 6.07) is 11.2. The lowest BCUT2D eigenvalue weighted by Crippen LogP contribution is -2.57. The molecule has 1 aliphatic heterocycles. The van der Waals surface area contributed by atoms with Crippen molar-refractivity contribution in [2.45, 2.75) is 37.4 Å². The van der Waals surface area contributed by atoms with Crippen LogP contribution in [0.5, 0.6) is 5.75 Å². The zero-order valence-corrected chi connectivity index (χ0v) is 20.7. The second kappa shape index (κ2) is 10.2. The largest absolute Gasteiger partial charge is 0.497 e. The Morgan fingerprint density at radius 3 is 2.57 bits per heavy atom. The van der Waals surface area contributed by atoms with Gasteiger partial charge in [-0.3, -0.25) is 14.2 Å². The minimum atomic E-state index is 0.0271. The van der Waals surface area contributed by atoms with E-state index in [0.717, 1.165) is 30.7 Å². The third-order valence-corrected chi connectivity index (χ3v) is 7.66. The average Bonchev–Trinajstić information content (AvgIpc) is 3.51. The number of piperazine rings is 1. The van der Waals surface area contributed by atoms with Crippen LogP contribution in [0.4, 0.5) is 0 Å². The summed E-state index contributed by atoms with van der Waals surface area (Å²) in [7, 11) is 1.62. The van der Waals surface area contributed by atoms with Crippen molar-refractivity contribution in [3.63, 3.8) is 0 Å². The number of methoxy groups -OCH3 is 1. The van der Waals surface area contributed by atoms with Gasteiger partial charge in [0.05, 0.1) is 24.8 Å². The zero-order chi connectivity index (χ0) is 24.4. The molecule has 3 aromatic rings. The van der Waals surface area contributed by atoms with Crippen LogP contribution in [0.15, 0.2) is 52.2 Å². The second-order valence-corrected chi connectivity index (χ2v) is 9.90. The molecule has 2 amide bonds. The molecule has 1 saturated heterocycles. The number of ether oxygens (including phenoxy) is 1. The van der Waals surface area contributed by atoms with Crippen LogP contribution in [-0.4, -0.2) is 74.9 Å². The van der Waals surface area contributed by atoms with Crippen LogP contribution in [0.25, 0.3) is 17.3 Å². The first-order chi connectivity index (χ1) is 17.0. The third kappa shape index (κ3) is 4.80. The van der Waals surface area contributed by atoms with Crippen molar-refractivity contribution in [3.8, 4) is 23.0 Å². The molecule has 1 aliphatic carbocycles. The molecule has 35 heavy (non-hydrogen) atoms. The van der Waals surface area contributed by atoms with Gasteiger partial charge in [0, 0.05) is 31.6 Å². The molecule has 1 unspecified atom stereocenters. The highest BCUT2D eigenvalue weighted by Crippen LogP contribution is 2.31. The first-order valence-electron chi connectivity index (χ1n) is 11.9. The number of thioether (sulfide) groups is 1. The average molecular weight is 496 g/mol. The van der Waals surface area contributed by atoms with Crippen molar-refractivity contribution in [2.75, 3.05) is 32.5 Å². The summed E-state index contributed by atoms with van der Waals surface area (Å²) in [6.45, 7) is 3.74. The Kier molecular flexibility index (Phi) is 6.81. The Bertz CT molecular complexity index is 1170. The molecule has 2 aliphatic rings. The standard InChI is InChI=1S/C25H29N5O4S/c1-17-15-28(12-13-29(17)24(32)18-5-3-6-18)22(31)16-35-25-27-26-23(21-7-4-14-34-21)30(25)19-8-10-20(33-2)11-9-19/h4,7-11,14,17-18H,3,5-6,12-13,15-16H2,1-2H3. The number of nitrogens with zero attached hydrogens (tertiary/aromatic N) is 5. The molecular formula is C25H29N5O4S. The number of carbonyl (C=O) groups is 2. The van der Waals surface area contributed by atoms with E-state index in [0.29, 0.717) is 36.4 Å². The smallest absolute Gasteiger partial charge is 0.233 e. The molecule has 9 nitrogen and oxygen atoms in total. The van der Waals surface area contributed by atoms with E-state index in [1.807, 2.05) is 51.6 Å². The normalized spacial score (nSPS) is 18.4. The maximum absolute atomic E-state index is 13.1. The Labute approximate surface area is 208 Å². The third-order valence-electron chi connectivity index (χ3n) is 6.75. The van der Waals surface area contributed by atoms with Gasteiger partial charge in [0.15, 0.2) is 10.9 Å². The Morgan fingerprint density at radius 1 is 1.14 bits per heavy atom. The molecule has 1 aromatic carbocycles. The van der Waals surface area contributed by atoms with Gasteiger partial charge in [-0.05, 0) is 56.2 Å². The van der Waals surface area contributed by atoms with Gasteiger partial charge in [-0.1, -0.05) is 18.2 Å². The molecule has 0 N–H and O–H groups in total. The Morgan fingerprint density at radius 2 is 1.94 bits per heavy atom. The van der Waals surface area contributed by atoms with Crippen LogP contribution in [0, 0.1) is 5.92 Å². The van der Waals surface area contributed by atoms with Crippen LogP contribution in [-0.2, 0) is 9.59 Å². The van der Waals surface area contributed by atoms with E-state index in [2.05, 4.69) is 10.2 Å². The minimum Gasteiger partial charge on any atom is -0.497 e. The van der Waals surface area contributed by atoms with Crippen molar-refractivity contribution in [1.29, 1.82) is 0 Å². The highest BCUT2D eigenvalue weighted by atomic mass is 32.2. The van der Waals surface area contributed by atoms with Crippen LogP contribution >= 0.6 is 11.8 Å². The molecule has 0 radical (unpaired) electrons. The van der Waals surface area contributed by atoms with Crippen molar-refractivity contribution < 1.29 is 18.7 Å². The van der Waals surface area contributed by atoms with E-state index in [-0.39, 0.29) is 29.5 Å². The first-order valence-corrected chi connectivity index (χ1v) is 12.9. The summed E-state index contributed by atoms with van der Waals surface area (Å²) < 4.78 is 12.7. The van der Waals surface area contributed by atoms with Crippen molar-refractivity contribution in [2.24, 2.45) is 5.92 Å². The van der Waals surface area contributed by atoms with Gasteiger partial charge in [-0.2, -0.15) is 0 Å². The molecule has 2 fully saturated rings. The summed E-state index contributed by atoms with van der Waals surface area (Å²) >= 11 is 1.34. The van der Waals surface area contributed by atoms with Gasteiger partial charge >= 0.3 is 0 Å². The fourth-order valence-electron chi connectivity index (χ4n) is 4.51. The number of hydrogen-bond donors (Lipinski definition) is 0.